The Balaban J connectivity index is 2.72. The fraction of sp³-hybridized carbons (Fsp3) is 0.750. The van der Waals surface area contributed by atoms with E-state index in [4.69, 9.17) is 9.84 Å². The van der Waals surface area contributed by atoms with Gasteiger partial charge in [0.1, 0.15) is 16.9 Å². The lowest BCUT2D eigenvalue weighted by atomic mass is 10.2. The zero-order chi connectivity index (χ0) is 18.0. The van der Waals surface area contributed by atoms with E-state index in [1.807, 2.05) is 0 Å². The lowest BCUT2D eigenvalue weighted by molar-refractivity contribution is -0.140. The van der Waals surface area contributed by atoms with Crippen molar-refractivity contribution >= 4 is 28.2 Å². The van der Waals surface area contributed by atoms with Gasteiger partial charge in [-0.15, -0.1) is 3.89 Å². The van der Waals surface area contributed by atoms with Crippen LogP contribution < -0.4 is 5.32 Å². The lowest BCUT2D eigenvalue weighted by Crippen LogP contribution is -2.50. The second kappa shape index (κ2) is 6.69. The van der Waals surface area contributed by atoms with E-state index in [0.29, 0.717) is 0 Å². The molecule has 2 N–H and O–H groups in total. The van der Waals surface area contributed by atoms with Crippen LogP contribution in [0.15, 0.2) is 0 Å². The molecular weight excluding hydrogens is 335 g/mol. The highest BCUT2D eigenvalue weighted by molar-refractivity contribution is 7.87. The van der Waals surface area contributed by atoms with Gasteiger partial charge in [-0.2, -0.15) is 8.42 Å². The molecule has 1 heterocycles. The minimum Gasteiger partial charge on any atom is -0.480 e. The zero-order valence-electron chi connectivity index (χ0n) is 12.9. The molecule has 1 unspecified atom stereocenters. The molecular formula is C12H19FN2O7S. The summed E-state index contributed by atoms with van der Waals surface area (Å²) in [7, 11) is -4.89. The van der Waals surface area contributed by atoms with Gasteiger partial charge >= 0.3 is 22.3 Å². The third-order valence-corrected chi connectivity index (χ3v) is 4.08. The molecule has 0 aromatic rings. The number of carbonyl (C=O) groups excluding carboxylic acids is 2. The summed E-state index contributed by atoms with van der Waals surface area (Å²) >= 11 is 0. The molecule has 0 bridgehead atoms. The Hall–Kier alpha value is -1.91. The summed E-state index contributed by atoms with van der Waals surface area (Å²) in [5, 5.41) is 9.65. The molecule has 2 amide bonds. The average Bonchev–Trinajstić information content (AvgIpc) is 2.67. The van der Waals surface area contributed by atoms with Crippen LogP contribution in [0, 0.1) is 0 Å². The molecule has 0 aromatic carbocycles. The number of carboxylic acids is 1. The fourth-order valence-corrected chi connectivity index (χ4v) is 2.66. The number of nitrogens with one attached hydrogen (secondary N) is 1. The van der Waals surface area contributed by atoms with E-state index < -0.39 is 64.6 Å². The van der Waals surface area contributed by atoms with E-state index in [1.165, 1.54) is 0 Å². The second-order valence-corrected chi connectivity index (χ2v) is 7.76. The van der Waals surface area contributed by atoms with Gasteiger partial charge < -0.3 is 20.1 Å². The van der Waals surface area contributed by atoms with Crippen molar-refractivity contribution in [2.75, 3.05) is 13.1 Å². The van der Waals surface area contributed by atoms with Crippen molar-refractivity contribution in [2.45, 2.75) is 44.1 Å². The van der Waals surface area contributed by atoms with Crippen LogP contribution in [0.3, 0.4) is 0 Å². The standard InChI is InChI=1S/C12H19FN2O7S/c1-12(2,3)22-11(19)14-8(10(17)18)6-15-5-7(4-9(15)16)23(13,20)21/h7-8H,4-6H2,1-3H3,(H,14,19)(H,17,18)/t7?,8-/m0/s1. The Morgan fingerprint density at radius 2 is 2.04 bits per heavy atom. The van der Waals surface area contributed by atoms with E-state index in [9.17, 15) is 26.7 Å². The van der Waals surface area contributed by atoms with Crippen molar-refractivity contribution in [1.29, 1.82) is 0 Å². The molecule has 0 aliphatic carbocycles. The van der Waals surface area contributed by atoms with Crippen molar-refractivity contribution in [1.82, 2.24) is 10.2 Å². The number of aliphatic carboxylic acids is 1. The van der Waals surface area contributed by atoms with E-state index >= 15 is 0 Å². The number of halogens is 1. The molecule has 0 radical (unpaired) electrons. The first-order chi connectivity index (χ1) is 10.3. The highest BCUT2D eigenvalue weighted by Crippen LogP contribution is 2.20. The number of rotatable bonds is 5. The molecule has 1 aliphatic rings. The molecule has 0 spiro atoms. The molecule has 132 valence electrons. The third kappa shape index (κ3) is 6.00. The second-order valence-electron chi connectivity index (χ2n) is 6.14. The number of nitrogens with zero attached hydrogens (tertiary/aromatic N) is 1. The molecule has 0 saturated carbocycles. The minimum atomic E-state index is -4.89. The average molecular weight is 354 g/mol. The normalized spacial score (nSPS) is 20.3. The number of hydrogen-bond acceptors (Lipinski definition) is 6. The number of likely N-dealkylation sites (tertiary alicyclic amines) is 1. The summed E-state index contributed by atoms with van der Waals surface area (Å²) in [5.74, 6) is -2.14. The van der Waals surface area contributed by atoms with E-state index in [0.717, 1.165) is 4.90 Å². The summed E-state index contributed by atoms with van der Waals surface area (Å²) in [6, 6.07) is -1.50. The number of hydrogen-bond donors (Lipinski definition) is 2. The van der Waals surface area contributed by atoms with Crippen LogP contribution in [-0.2, 0) is 24.5 Å². The third-order valence-electron chi connectivity index (χ3n) is 2.97. The number of alkyl carbamates (subject to hydrolysis) is 1. The van der Waals surface area contributed by atoms with E-state index in [1.54, 1.807) is 20.8 Å². The van der Waals surface area contributed by atoms with Crippen molar-refractivity contribution in [3.05, 3.63) is 0 Å². The van der Waals surface area contributed by atoms with Crippen molar-refractivity contribution < 1.29 is 36.5 Å². The van der Waals surface area contributed by atoms with Gasteiger partial charge in [0.2, 0.25) is 5.91 Å². The summed E-state index contributed by atoms with van der Waals surface area (Å²) < 4.78 is 39.5. The predicted octanol–water partition coefficient (Wildman–Crippen LogP) is -0.135. The fourth-order valence-electron chi connectivity index (χ4n) is 1.96. The Bertz CT molecular complexity index is 599. The molecule has 0 aromatic heterocycles. The van der Waals surface area contributed by atoms with E-state index in [-0.39, 0.29) is 0 Å². The van der Waals surface area contributed by atoms with Crippen LogP contribution >= 0.6 is 0 Å². The van der Waals surface area contributed by atoms with E-state index in [2.05, 4.69) is 5.32 Å². The van der Waals surface area contributed by atoms with Crippen LogP contribution in [-0.4, -0.2) is 66.4 Å². The van der Waals surface area contributed by atoms with Gasteiger partial charge in [-0.25, -0.2) is 9.59 Å². The van der Waals surface area contributed by atoms with Gasteiger partial charge in [-0.3, -0.25) is 4.79 Å². The first-order valence-corrected chi connectivity index (χ1v) is 8.18. The number of amides is 2. The molecule has 11 heteroatoms. The summed E-state index contributed by atoms with van der Waals surface area (Å²) in [6.45, 7) is 3.81. The maximum absolute atomic E-state index is 12.9. The maximum Gasteiger partial charge on any atom is 0.408 e. The Morgan fingerprint density at radius 1 is 1.48 bits per heavy atom. The van der Waals surface area contributed by atoms with Crippen LogP contribution in [0.1, 0.15) is 27.2 Å². The Labute approximate surface area is 133 Å². The molecule has 1 saturated heterocycles. The quantitative estimate of drug-likeness (QED) is 0.657. The monoisotopic (exact) mass is 354 g/mol. The summed E-state index contributed by atoms with van der Waals surface area (Å²) in [6.07, 6.45) is -1.55. The smallest absolute Gasteiger partial charge is 0.408 e. The SMILES string of the molecule is CC(C)(C)OC(=O)N[C@@H](CN1CC(S(=O)(=O)F)CC1=O)C(=O)O. The minimum absolute atomic E-state index is 0.461. The molecule has 23 heavy (non-hydrogen) atoms. The highest BCUT2D eigenvalue weighted by Gasteiger charge is 2.40. The van der Waals surface area contributed by atoms with Gasteiger partial charge in [0, 0.05) is 13.0 Å². The highest BCUT2D eigenvalue weighted by atomic mass is 32.3. The summed E-state index contributed by atoms with van der Waals surface area (Å²) in [4.78, 5) is 35.3. The first kappa shape index (κ1) is 19.1. The Morgan fingerprint density at radius 3 is 2.43 bits per heavy atom. The molecule has 9 nitrogen and oxygen atoms in total. The van der Waals surface area contributed by atoms with Crippen LogP contribution in [0.25, 0.3) is 0 Å². The molecule has 1 aliphatic heterocycles. The van der Waals surface area contributed by atoms with Crippen LogP contribution in [0.5, 0.6) is 0 Å². The van der Waals surface area contributed by atoms with Crippen molar-refractivity contribution in [3.8, 4) is 0 Å². The molecule has 1 fully saturated rings. The first-order valence-electron chi connectivity index (χ1n) is 6.73. The zero-order valence-corrected chi connectivity index (χ0v) is 13.7. The largest absolute Gasteiger partial charge is 0.480 e. The van der Waals surface area contributed by atoms with Gasteiger partial charge in [0.05, 0.1) is 6.54 Å². The topological polar surface area (TPSA) is 130 Å². The van der Waals surface area contributed by atoms with Gasteiger partial charge in [0.25, 0.3) is 0 Å². The van der Waals surface area contributed by atoms with Crippen LogP contribution in [0.2, 0.25) is 0 Å². The summed E-state index contributed by atoms with van der Waals surface area (Å²) in [5.41, 5.74) is -0.843. The molecule has 1 rings (SSSR count). The number of ether oxygens (including phenoxy) is 1. The van der Waals surface area contributed by atoms with Gasteiger partial charge in [-0.1, -0.05) is 0 Å². The van der Waals surface area contributed by atoms with Crippen LogP contribution in [0.4, 0.5) is 8.68 Å². The van der Waals surface area contributed by atoms with Gasteiger partial charge in [-0.05, 0) is 20.8 Å². The maximum atomic E-state index is 12.9. The lowest BCUT2D eigenvalue weighted by Gasteiger charge is -2.24. The van der Waals surface area contributed by atoms with Gasteiger partial charge in [0.15, 0.2) is 0 Å². The number of carbonyl (C=O) groups is 3. The number of carboxylic acid groups (broad SMARTS) is 1. The van der Waals surface area contributed by atoms with Crippen molar-refractivity contribution in [2.24, 2.45) is 0 Å². The molecule has 2 atom stereocenters. The Kier molecular flexibility index (Phi) is 5.56. The predicted molar refractivity (Wildman–Crippen MR) is 75.8 cm³/mol. The van der Waals surface area contributed by atoms with Crippen molar-refractivity contribution in [3.63, 3.8) is 0 Å².